The van der Waals surface area contributed by atoms with Gasteiger partial charge in [-0.05, 0) is 44.9 Å². The summed E-state index contributed by atoms with van der Waals surface area (Å²) in [4.78, 5) is 35.4. The van der Waals surface area contributed by atoms with Gasteiger partial charge in [0, 0.05) is 12.8 Å². The van der Waals surface area contributed by atoms with Crippen molar-refractivity contribution in [1.82, 2.24) is 0 Å². The number of hydrogen-bond acceptors (Lipinski definition) is 7. The normalized spacial score (nSPS) is 13.9. The fourth-order valence-electron chi connectivity index (χ4n) is 6.15. The number of carbonyl (C=O) groups is 2. The summed E-state index contributed by atoms with van der Waals surface area (Å²) in [6.07, 6.45) is 43.3. The maximum Gasteiger partial charge on any atom is 0.472 e. The highest BCUT2D eigenvalue weighted by atomic mass is 31.2. The van der Waals surface area contributed by atoms with Crippen LogP contribution in [0.2, 0.25) is 0 Å². The molecule has 0 aliphatic carbocycles. The van der Waals surface area contributed by atoms with Crippen molar-refractivity contribution in [2.75, 3.05) is 47.5 Å². The van der Waals surface area contributed by atoms with Crippen LogP contribution in [0, 0.1) is 0 Å². The lowest BCUT2D eigenvalue weighted by atomic mass is 10.0. The molecule has 0 aliphatic rings. The Kier molecular flexibility index (Phi) is 37.5. The van der Waals surface area contributed by atoms with Gasteiger partial charge in [0.15, 0.2) is 6.10 Å². The van der Waals surface area contributed by atoms with Gasteiger partial charge in [0.25, 0.3) is 0 Å². The number of hydrogen-bond donors (Lipinski definition) is 1. The van der Waals surface area contributed by atoms with E-state index in [1.54, 1.807) is 0 Å². The summed E-state index contributed by atoms with van der Waals surface area (Å²) in [6, 6.07) is 0. The van der Waals surface area contributed by atoms with E-state index in [1.165, 1.54) is 89.9 Å². The van der Waals surface area contributed by atoms with Crippen LogP contribution in [0.5, 0.6) is 0 Å². The molecule has 0 spiro atoms. The smallest absolute Gasteiger partial charge is 0.462 e. The molecule has 0 aliphatic heterocycles. The molecule has 0 fully saturated rings. The molecule has 0 bridgehead atoms. The minimum atomic E-state index is -4.38. The van der Waals surface area contributed by atoms with Crippen molar-refractivity contribution in [1.29, 1.82) is 0 Å². The van der Waals surface area contributed by atoms with Crippen molar-refractivity contribution in [3.8, 4) is 0 Å². The summed E-state index contributed by atoms with van der Waals surface area (Å²) in [6.45, 7) is 4.31. The van der Waals surface area contributed by atoms with Crippen molar-refractivity contribution in [3.05, 3.63) is 36.5 Å². The molecule has 0 aromatic rings. The van der Waals surface area contributed by atoms with Gasteiger partial charge in [-0.2, -0.15) is 0 Å². The highest BCUT2D eigenvalue weighted by molar-refractivity contribution is 7.47. The monoisotopic (exact) mass is 813 g/mol. The van der Waals surface area contributed by atoms with Crippen molar-refractivity contribution in [3.63, 3.8) is 0 Å². The summed E-state index contributed by atoms with van der Waals surface area (Å²) in [5.41, 5.74) is 0. The minimum absolute atomic E-state index is 0.0295. The first kappa shape index (κ1) is 54.2. The minimum Gasteiger partial charge on any atom is -0.462 e. The van der Waals surface area contributed by atoms with Gasteiger partial charge in [0.1, 0.15) is 19.8 Å². The molecule has 1 unspecified atom stereocenters. The molecule has 10 heteroatoms. The van der Waals surface area contributed by atoms with Gasteiger partial charge in [-0.25, -0.2) is 4.57 Å². The lowest BCUT2D eigenvalue weighted by Gasteiger charge is -2.24. The van der Waals surface area contributed by atoms with Gasteiger partial charge in [-0.3, -0.25) is 18.6 Å². The van der Waals surface area contributed by atoms with Crippen LogP contribution in [-0.4, -0.2) is 74.9 Å². The quantitative estimate of drug-likeness (QED) is 0.0214. The molecular weight excluding hydrogens is 725 g/mol. The number of carbonyl (C=O) groups excluding carboxylic acids is 2. The Morgan fingerprint density at radius 3 is 1.52 bits per heavy atom. The van der Waals surface area contributed by atoms with Crippen LogP contribution in [-0.2, 0) is 32.7 Å². The van der Waals surface area contributed by atoms with E-state index in [4.69, 9.17) is 18.5 Å². The molecule has 0 saturated heterocycles. The summed E-state index contributed by atoms with van der Waals surface area (Å²) in [5, 5.41) is 0. The number of unbranched alkanes of at least 4 members (excludes halogenated alkanes) is 21. The molecule has 0 heterocycles. The van der Waals surface area contributed by atoms with E-state index >= 15 is 0 Å². The molecule has 0 rings (SSSR count). The summed E-state index contributed by atoms with van der Waals surface area (Å²) < 4.78 is 34.3. The number of phosphoric ester groups is 1. The number of esters is 2. The van der Waals surface area contributed by atoms with E-state index in [9.17, 15) is 19.0 Å². The Morgan fingerprint density at radius 2 is 1.02 bits per heavy atom. The summed E-state index contributed by atoms with van der Waals surface area (Å²) >= 11 is 0. The van der Waals surface area contributed by atoms with Crippen molar-refractivity contribution in [2.24, 2.45) is 0 Å². The molecule has 9 nitrogen and oxygen atoms in total. The second kappa shape index (κ2) is 38.7. The summed E-state index contributed by atoms with van der Waals surface area (Å²) in [5.74, 6) is -0.813. The van der Waals surface area contributed by atoms with E-state index in [0.29, 0.717) is 17.4 Å². The van der Waals surface area contributed by atoms with Gasteiger partial charge < -0.3 is 18.9 Å². The van der Waals surface area contributed by atoms with Gasteiger partial charge in [-0.15, -0.1) is 0 Å². The number of allylic oxidation sites excluding steroid dienone is 6. The first-order valence-corrected chi connectivity index (χ1v) is 24.2. The molecule has 0 aromatic heterocycles. The lowest BCUT2D eigenvalue weighted by molar-refractivity contribution is -0.870. The zero-order valence-corrected chi connectivity index (χ0v) is 37.8. The van der Waals surface area contributed by atoms with Crippen LogP contribution in [0.15, 0.2) is 36.5 Å². The number of rotatable bonds is 41. The fourth-order valence-corrected chi connectivity index (χ4v) is 6.89. The number of likely N-dealkylation sites (N-methyl/N-ethyl adjacent to an activating group) is 1. The van der Waals surface area contributed by atoms with E-state index in [1.807, 2.05) is 21.1 Å². The fraction of sp³-hybridized carbons (Fsp3) is 0.826. The predicted molar refractivity (Wildman–Crippen MR) is 234 cm³/mol. The van der Waals surface area contributed by atoms with Gasteiger partial charge in [0.05, 0.1) is 27.7 Å². The largest absolute Gasteiger partial charge is 0.472 e. The third-order valence-corrected chi connectivity index (χ3v) is 10.7. The van der Waals surface area contributed by atoms with Gasteiger partial charge >= 0.3 is 19.8 Å². The Bertz CT molecular complexity index is 1050. The lowest BCUT2D eigenvalue weighted by Crippen LogP contribution is -2.37. The molecule has 2 atom stereocenters. The highest BCUT2D eigenvalue weighted by Gasteiger charge is 2.27. The van der Waals surface area contributed by atoms with E-state index in [0.717, 1.165) is 70.6 Å². The topological polar surface area (TPSA) is 108 Å². The SMILES string of the molecule is CC/C=C/C/C=C/C/C=C/CCCCCCCC(=O)OC[C@H](COP(=O)(O)OCC[N+](C)(C)C)OC(=O)CCCCCCCCCCCCCCCCCCC. The van der Waals surface area contributed by atoms with Crippen LogP contribution in [0.1, 0.15) is 194 Å². The highest BCUT2D eigenvalue weighted by Crippen LogP contribution is 2.43. The molecule has 0 aromatic carbocycles. The first-order chi connectivity index (χ1) is 27.0. The molecule has 0 saturated carbocycles. The van der Waals surface area contributed by atoms with Gasteiger partial charge in [-0.1, -0.05) is 172 Å². The van der Waals surface area contributed by atoms with Crippen LogP contribution >= 0.6 is 7.82 Å². The van der Waals surface area contributed by atoms with Crippen molar-refractivity contribution in [2.45, 2.75) is 200 Å². The molecule has 0 amide bonds. The van der Waals surface area contributed by atoms with Gasteiger partial charge in [0.2, 0.25) is 0 Å². The average Bonchev–Trinajstić information content (AvgIpc) is 3.15. The average molecular weight is 813 g/mol. The molecular formula is C46H87NO8P+. The number of nitrogens with zero attached hydrogens (tertiary/aromatic N) is 1. The number of ether oxygens (including phenoxy) is 2. The molecule has 1 N–H and O–H groups in total. The second-order valence-corrected chi connectivity index (χ2v) is 17.9. The zero-order valence-electron chi connectivity index (χ0n) is 36.9. The predicted octanol–water partition coefficient (Wildman–Crippen LogP) is 12.9. The second-order valence-electron chi connectivity index (χ2n) is 16.4. The maximum atomic E-state index is 12.7. The number of phosphoric acid groups is 1. The van der Waals surface area contributed by atoms with E-state index in [-0.39, 0.29) is 32.0 Å². The molecule has 56 heavy (non-hydrogen) atoms. The third-order valence-electron chi connectivity index (χ3n) is 9.68. The van der Waals surface area contributed by atoms with E-state index in [2.05, 4.69) is 50.3 Å². The summed E-state index contributed by atoms with van der Waals surface area (Å²) in [7, 11) is 1.47. The molecule has 328 valence electrons. The first-order valence-electron chi connectivity index (χ1n) is 22.7. The Labute approximate surface area is 344 Å². The zero-order chi connectivity index (χ0) is 41.4. The van der Waals surface area contributed by atoms with Crippen LogP contribution < -0.4 is 0 Å². The van der Waals surface area contributed by atoms with E-state index < -0.39 is 26.5 Å². The van der Waals surface area contributed by atoms with Crippen LogP contribution in [0.4, 0.5) is 0 Å². The Balaban J connectivity index is 4.34. The molecule has 0 radical (unpaired) electrons. The Morgan fingerprint density at radius 1 is 0.571 bits per heavy atom. The van der Waals surface area contributed by atoms with Crippen molar-refractivity contribution < 1.29 is 42.1 Å². The third kappa shape index (κ3) is 41.9. The number of quaternary nitrogens is 1. The van der Waals surface area contributed by atoms with Crippen LogP contribution in [0.3, 0.4) is 0 Å². The van der Waals surface area contributed by atoms with Crippen LogP contribution in [0.25, 0.3) is 0 Å². The maximum absolute atomic E-state index is 12.7. The van der Waals surface area contributed by atoms with Crippen molar-refractivity contribution >= 4 is 19.8 Å². The standard InChI is InChI=1S/C46H86NO8P/c1-6-8-10-12-14-16-18-20-22-23-25-27-29-31-33-35-37-39-46(49)55-44(43-54-56(50,51)53-41-40-47(3,4)5)42-52-45(48)38-36-34-32-30-28-26-24-21-19-17-15-13-11-9-7-2/h9,11,15,17,21,24,44H,6-8,10,12-14,16,18-20,22-23,25-43H2,1-5H3/p+1/b11-9+,17-15+,24-21+/t44-/m1/s1. The Hall–Kier alpha value is -1.77.